The Morgan fingerprint density at radius 2 is 1.45 bits per heavy atom. The predicted molar refractivity (Wildman–Crippen MR) is 74.3 cm³/mol. The second-order valence-corrected chi connectivity index (χ2v) is 4.70. The fourth-order valence-corrected chi connectivity index (χ4v) is 1.99. The molecular weight excluding hydrogens is 258 g/mol. The first-order valence-corrected chi connectivity index (χ1v) is 6.66. The van der Waals surface area contributed by atoms with Crippen LogP contribution < -0.4 is 0 Å². The highest BCUT2D eigenvalue weighted by molar-refractivity contribution is 6.05. The summed E-state index contributed by atoms with van der Waals surface area (Å²) in [5, 5.41) is 0. The number of carbonyl (C=O) groups excluding carboxylic acids is 2. The third-order valence-corrected chi connectivity index (χ3v) is 3.03. The van der Waals surface area contributed by atoms with Crippen molar-refractivity contribution in [3.05, 3.63) is 29.1 Å². The number of esters is 2. The van der Waals surface area contributed by atoms with Gasteiger partial charge in [-0.3, -0.25) is 14.6 Å². The summed E-state index contributed by atoms with van der Waals surface area (Å²) in [6.45, 7) is 8.96. The van der Waals surface area contributed by atoms with Gasteiger partial charge in [0.25, 0.3) is 0 Å². The zero-order valence-electron chi connectivity index (χ0n) is 12.6. The molecule has 0 unspecified atom stereocenters. The summed E-state index contributed by atoms with van der Waals surface area (Å²) in [5.74, 6) is -1.22. The topological polar surface area (TPSA) is 65.5 Å². The van der Waals surface area contributed by atoms with Crippen LogP contribution in [-0.4, -0.2) is 30.1 Å². The lowest BCUT2D eigenvalue weighted by Crippen LogP contribution is -2.43. The lowest BCUT2D eigenvalue weighted by molar-refractivity contribution is -0.163. The molecule has 5 heteroatoms. The molecule has 1 aromatic rings. The van der Waals surface area contributed by atoms with Crippen molar-refractivity contribution in [2.45, 2.75) is 40.0 Å². The summed E-state index contributed by atoms with van der Waals surface area (Å²) >= 11 is 0. The normalized spacial score (nSPS) is 11.1. The molecule has 0 spiro atoms. The average molecular weight is 279 g/mol. The highest BCUT2D eigenvalue weighted by atomic mass is 16.6. The Kier molecular flexibility index (Phi) is 5.25. The van der Waals surface area contributed by atoms with Crippen LogP contribution in [0.4, 0.5) is 0 Å². The maximum absolute atomic E-state index is 12.3. The first-order valence-electron chi connectivity index (χ1n) is 6.66. The molecule has 0 aromatic carbocycles. The van der Waals surface area contributed by atoms with Gasteiger partial charge < -0.3 is 9.47 Å². The van der Waals surface area contributed by atoms with E-state index in [4.69, 9.17) is 9.47 Å². The summed E-state index contributed by atoms with van der Waals surface area (Å²) in [6.07, 6.45) is 0. The molecule has 0 amide bonds. The zero-order chi connectivity index (χ0) is 15.3. The molecular formula is C15H21NO4. The Hall–Kier alpha value is -1.91. The van der Waals surface area contributed by atoms with Crippen LogP contribution in [0.5, 0.6) is 0 Å². The van der Waals surface area contributed by atoms with Crippen molar-refractivity contribution >= 4 is 11.9 Å². The van der Waals surface area contributed by atoms with Crippen molar-refractivity contribution in [1.82, 2.24) is 4.98 Å². The van der Waals surface area contributed by atoms with Gasteiger partial charge in [-0.25, -0.2) is 0 Å². The molecule has 0 fully saturated rings. The Morgan fingerprint density at radius 3 is 1.80 bits per heavy atom. The molecule has 0 aliphatic carbocycles. The van der Waals surface area contributed by atoms with Crippen LogP contribution in [0, 0.1) is 13.8 Å². The predicted octanol–water partition coefficient (Wildman–Crippen LogP) is 2.08. The Morgan fingerprint density at radius 1 is 1.05 bits per heavy atom. The SMILES string of the molecule is CCOC(=O)C(C)(C(=O)OCC)c1cc(C)nc(C)c1. The number of hydrogen-bond donors (Lipinski definition) is 0. The molecule has 0 bridgehead atoms. The number of pyridine rings is 1. The molecule has 0 aliphatic rings. The Labute approximate surface area is 119 Å². The summed E-state index contributed by atoms with van der Waals surface area (Å²) in [4.78, 5) is 28.8. The quantitative estimate of drug-likeness (QED) is 0.610. The first-order chi connectivity index (χ1) is 9.36. The van der Waals surface area contributed by atoms with Crippen LogP contribution in [0.2, 0.25) is 0 Å². The van der Waals surface area contributed by atoms with E-state index in [1.54, 1.807) is 26.0 Å². The Bertz CT molecular complexity index is 472. The lowest BCUT2D eigenvalue weighted by atomic mass is 9.82. The van der Waals surface area contributed by atoms with Gasteiger partial charge in [0, 0.05) is 11.4 Å². The largest absolute Gasteiger partial charge is 0.465 e. The smallest absolute Gasteiger partial charge is 0.327 e. The summed E-state index contributed by atoms with van der Waals surface area (Å²) < 4.78 is 10.1. The van der Waals surface area contributed by atoms with Crippen molar-refractivity contribution in [1.29, 1.82) is 0 Å². The number of hydrogen-bond acceptors (Lipinski definition) is 5. The minimum absolute atomic E-state index is 0.205. The van der Waals surface area contributed by atoms with E-state index in [0.717, 1.165) is 11.4 Å². The molecule has 1 heterocycles. The first kappa shape index (κ1) is 16.1. The molecule has 110 valence electrons. The fourth-order valence-electron chi connectivity index (χ4n) is 1.99. The van der Waals surface area contributed by atoms with Crippen molar-refractivity contribution < 1.29 is 19.1 Å². The van der Waals surface area contributed by atoms with Gasteiger partial charge in [0.05, 0.1) is 13.2 Å². The average Bonchev–Trinajstić information content (AvgIpc) is 2.37. The van der Waals surface area contributed by atoms with Crippen molar-refractivity contribution in [2.75, 3.05) is 13.2 Å². The van der Waals surface area contributed by atoms with Crippen LogP contribution in [0.3, 0.4) is 0 Å². The number of rotatable bonds is 5. The number of nitrogens with zero attached hydrogens (tertiary/aromatic N) is 1. The van der Waals surface area contributed by atoms with Crippen LogP contribution in [0.15, 0.2) is 12.1 Å². The van der Waals surface area contributed by atoms with E-state index in [-0.39, 0.29) is 13.2 Å². The van der Waals surface area contributed by atoms with Gasteiger partial charge in [-0.2, -0.15) is 0 Å². The van der Waals surface area contributed by atoms with Crippen LogP contribution in [0.1, 0.15) is 37.7 Å². The van der Waals surface area contributed by atoms with Crippen molar-refractivity contribution in [3.8, 4) is 0 Å². The molecule has 5 nitrogen and oxygen atoms in total. The molecule has 0 N–H and O–H groups in total. The molecule has 0 atom stereocenters. The molecule has 1 rings (SSSR count). The van der Waals surface area contributed by atoms with Gasteiger partial charge in [0.1, 0.15) is 0 Å². The third-order valence-electron chi connectivity index (χ3n) is 3.03. The maximum Gasteiger partial charge on any atom is 0.327 e. The zero-order valence-corrected chi connectivity index (χ0v) is 12.6. The van der Waals surface area contributed by atoms with Gasteiger partial charge >= 0.3 is 11.9 Å². The van der Waals surface area contributed by atoms with E-state index in [1.807, 2.05) is 13.8 Å². The standard InChI is InChI=1S/C15H21NO4/c1-6-19-13(17)15(5,14(18)20-7-2)12-8-10(3)16-11(4)9-12/h8-9H,6-7H2,1-5H3. The molecule has 1 aromatic heterocycles. The second kappa shape index (κ2) is 6.50. The fraction of sp³-hybridized carbons (Fsp3) is 0.533. The molecule has 0 radical (unpaired) electrons. The van der Waals surface area contributed by atoms with Gasteiger partial charge in [-0.1, -0.05) is 0 Å². The van der Waals surface area contributed by atoms with Crippen LogP contribution in [0.25, 0.3) is 0 Å². The van der Waals surface area contributed by atoms with Gasteiger partial charge in [-0.15, -0.1) is 0 Å². The number of aryl methyl sites for hydroxylation is 2. The van der Waals surface area contributed by atoms with Gasteiger partial charge in [-0.05, 0) is 52.3 Å². The Balaban J connectivity index is 3.35. The number of carbonyl (C=O) groups is 2. The highest BCUT2D eigenvalue weighted by Crippen LogP contribution is 2.28. The minimum Gasteiger partial charge on any atom is -0.465 e. The van der Waals surface area contributed by atoms with Crippen LogP contribution >= 0.6 is 0 Å². The molecule has 0 saturated heterocycles. The molecule has 20 heavy (non-hydrogen) atoms. The highest BCUT2D eigenvalue weighted by Gasteiger charge is 2.46. The van der Waals surface area contributed by atoms with E-state index >= 15 is 0 Å². The molecule has 0 aliphatic heterocycles. The second-order valence-electron chi connectivity index (χ2n) is 4.70. The summed E-state index contributed by atoms with van der Waals surface area (Å²) in [5.41, 5.74) is 0.545. The van der Waals surface area contributed by atoms with E-state index in [9.17, 15) is 9.59 Å². The van der Waals surface area contributed by atoms with Gasteiger partial charge in [0.2, 0.25) is 0 Å². The maximum atomic E-state index is 12.3. The molecule has 0 saturated carbocycles. The van der Waals surface area contributed by atoms with Crippen molar-refractivity contribution in [3.63, 3.8) is 0 Å². The van der Waals surface area contributed by atoms with E-state index in [0.29, 0.717) is 5.56 Å². The van der Waals surface area contributed by atoms with Crippen LogP contribution in [-0.2, 0) is 24.5 Å². The number of ether oxygens (including phenoxy) is 2. The summed E-state index contributed by atoms with van der Waals surface area (Å²) in [6, 6.07) is 3.42. The number of aromatic nitrogens is 1. The third kappa shape index (κ3) is 3.15. The monoisotopic (exact) mass is 279 g/mol. The van der Waals surface area contributed by atoms with E-state index < -0.39 is 17.4 Å². The van der Waals surface area contributed by atoms with Crippen molar-refractivity contribution in [2.24, 2.45) is 0 Å². The van der Waals surface area contributed by atoms with Gasteiger partial charge in [0.15, 0.2) is 5.41 Å². The van der Waals surface area contributed by atoms with E-state index in [2.05, 4.69) is 4.98 Å². The lowest BCUT2D eigenvalue weighted by Gasteiger charge is -2.25. The van der Waals surface area contributed by atoms with E-state index in [1.165, 1.54) is 6.92 Å². The minimum atomic E-state index is -1.47. The summed E-state index contributed by atoms with van der Waals surface area (Å²) in [7, 11) is 0.